The highest BCUT2D eigenvalue weighted by atomic mass is 19.4. The van der Waals surface area contributed by atoms with Gasteiger partial charge in [-0.15, -0.1) is 0 Å². The molecule has 1 heterocycles. The highest BCUT2D eigenvalue weighted by Crippen LogP contribution is 2.32. The van der Waals surface area contributed by atoms with E-state index in [-0.39, 0.29) is 28.2 Å². The molecule has 1 aromatic heterocycles. The minimum Gasteiger partial charge on any atom is -0.493 e. The number of nitrogens with zero attached hydrogens (tertiary/aromatic N) is 2. The molecule has 0 spiro atoms. The number of benzene rings is 3. The van der Waals surface area contributed by atoms with Gasteiger partial charge in [-0.2, -0.15) is 13.2 Å². The molecule has 0 radical (unpaired) electrons. The molecule has 4 aromatic rings. The van der Waals surface area contributed by atoms with Gasteiger partial charge in [0.15, 0.2) is 11.5 Å². The van der Waals surface area contributed by atoms with Crippen molar-refractivity contribution >= 4 is 23.1 Å². The maximum Gasteiger partial charge on any atom is 0.416 e. The first-order valence-electron chi connectivity index (χ1n) is 10.0. The van der Waals surface area contributed by atoms with Crippen LogP contribution >= 0.6 is 0 Å². The van der Waals surface area contributed by atoms with E-state index in [0.717, 1.165) is 16.7 Å². The van der Waals surface area contributed by atoms with Crippen molar-refractivity contribution in [1.82, 2.24) is 9.55 Å². The van der Waals surface area contributed by atoms with Crippen LogP contribution in [0, 0.1) is 5.82 Å². The van der Waals surface area contributed by atoms with E-state index in [1.165, 1.54) is 68.8 Å². The van der Waals surface area contributed by atoms with Gasteiger partial charge in [0.2, 0.25) is 0 Å². The molecule has 174 valence electrons. The minimum absolute atomic E-state index is 0.0113. The third-order valence-electron chi connectivity index (χ3n) is 5.13. The van der Waals surface area contributed by atoms with Crippen molar-refractivity contribution < 1.29 is 27.0 Å². The Bertz CT molecular complexity index is 1440. The van der Waals surface area contributed by atoms with E-state index in [2.05, 4.69) is 4.98 Å². The van der Waals surface area contributed by atoms with Crippen LogP contribution in [0.3, 0.4) is 0 Å². The van der Waals surface area contributed by atoms with Gasteiger partial charge in [0.25, 0.3) is 5.56 Å². The summed E-state index contributed by atoms with van der Waals surface area (Å²) in [6, 6.07) is 12.9. The number of fused-ring (bicyclic) bond motifs is 1. The fourth-order valence-corrected chi connectivity index (χ4v) is 3.46. The van der Waals surface area contributed by atoms with E-state index in [1.54, 1.807) is 6.08 Å². The molecule has 4 rings (SSSR count). The van der Waals surface area contributed by atoms with Gasteiger partial charge in [-0.1, -0.05) is 24.3 Å². The van der Waals surface area contributed by atoms with E-state index in [1.807, 2.05) is 0 Å². The summed E-state index contributed by atoms with van der Waals surface area (Å²) in [5.74, 6) is 0.280. The van der Waals surface area contributed by atoms with Crippen molar-refractivity contribution in [2.45, 2.75) is 6.18 Å². The molecular formula is C25H18F4N2O3. The second-order valence-corrected chi connectivity index (χ2v) is 7.27. The summed E-state index contributed by atoms with van der Waals surface area (Å²) in [4.78, 5) is 18.0. The summed E-state index contributed by atoms with van der Waals surface area (Å²) in [6.45, 7) is 0. The minimum atomic E-state index is -4.59. The Kier molecular flexibility index (Phi) is 6.10. The molecule has 0 saturated heterocycles. The Hall–Kier alpha value is -4.14. The third kappa shape index (κ3) is 4.50. The molecule has 0 atom stereocenters. The Morgan fingerprint density at radius 1 is 0.912 bits per heavy atom. The average molecular weight is 470 g/mol. The van der Waals surface area contributed by atoms with Crippen LogP contribution in [0.1, 0.15) is 17.0 Å². The van der Waals surface area contributed by atoms with Gasteiger partial charge in [-0.3, -0.25) is 9.36 Å². The summed E-state index contributed by atoms with van der Waals surface area (Å²) < 4.78 is 64.9. The predicted octanol–water partition coefficient (Wildman–Crippen LogP) is 5.73. The van der Waals surface area contributed by atoms with Gasteiger partial charge in [0.1, 0.15) is 11.6 Å². The van der Waals surface area contributed by atoms with Crippen LogP contribution in [0.4, 0.5) is 17.6 Å². The largest absolute Gasteiger partial charge is 0.493 e. The molecule has 3 aromatic carbocycles. The van der Waals surface area contributed by atoms with Crippen molar-refractivity contribution in [2.75, 3.05) is 14.2 Å². The number of rotatable bonds is 5. The summed E-state index contributed by atoms with van der Waals surface area (Å²) in [5, 5.41) is 0.133. The van der Waals surface area contributed by atoms with Crippen LogP contribution in [0.15, 0.2) is 65.5 Å². The lowest BCUT2D eigenvalue weighted by Gasteiger charge is -2.15. The lowest BCUT2D eigenvalue weighted by Crippen LogP contribution is -2.23. The van der Waals surface area contributed by atoms with Gasteiger partial charge in [0, 0.05) is 6.07 Å². The zero-order chi connectivity index (χ0) is 24.5. The SMILES string of the molecule is COc1cc2nc(/C=C\c3ccc(F)cc3)n(-c3cccc(C(F)(F)F)c3)c(=O)c2cc1OC. The zero-order valence-electron chi connectivity index (χ0n) is 18.1. The smallest absolute Gasteiger partial charge is 0.416 e. The highest BCUT2D eigenvalue weighted by molar-refractivity contribution is 5.83. The standard InChI is InChI=1S/C25H18F4N2O3/c1-33-21-13-19-20(14-22(21)34-2)30-23(11-8-15-6-9-17(26)10-7-15)31(24(19)32)18-5-3-4-16(12-18)25(27,28)29/h3-14H,1-2H3/b11-8-. The molecule has 5 nitrogen and oxygen atoms in total. The number of hydrogen-bond acceptors (Lipinski definition) is 4. The molecule has 0 aliphatic heterocycles. The Labute approximate surface area is 191 Å². The van der Waals surface area contributed by atoms with Crippen molar-refractivity contribution in [2.24, 2.45) is 0 Å². The molecule has 0 N–H and O–H groups in total. The van der Waals surface area contributed by atoms with Crippen LogP contribution in [0.5, 0.6) is 11.5 Å². The third-order valence-corrected chi connectivity index (χ3v) is 5.13. The summed E-state index contributed by atoms with van der Waals surface area (Å²) >= 11 is 0. The van der Waals surface area contributed by atoms with Crippen molar-refractivity contribution in [1.29, 1.82) is 0 Å². The van der Waals surface area contributed by atoms with Crippen LogP contribution in [0.25, 0.3) is 28.7 Å². The molecule has 0 fully saturated rings. The molecule has 9 heteroatoms. The van der Waals surface area contributed by atoms with Gasteiger partial charge in [-0.05, 0) is 48.0 Å². The number of alkyl halides is 3. The first-order valence-corrected chi connectivity index (χ1v) is 10.0. The van der Waals surface area contributed by atoms with E-state index >= 15 is 0 Å². The van der Waals surface area contributed by atoms with Gasteiger partial charge < -0.3 is 9.47 Å². The van der Waals surface area contributed by atoms with E-state index in [0.29, 0.717) is 11.3 Å². The number of halogens is 4. The quantitative estimate of drug-likeness (QED) is 0.350. The van der Waals surface area contributed by atoms with Gasteiger partial charge >= 0.3 is 6.18 Å². The second kappa shape index (κ2) is 9.01. The molecule has 0 saturated carbocycles. The maximum atomic E-state index is 13.5. The summed E-state index contributed by atoms with van der Waals surface area (Å²) in [7, 11) is 2.84. The van der Waals surface area contributed by atoms with Crippen molar-refractivity contribution in [3.8, 4) is 17.2 Å². The fourth-order valence-electron chi connectivity index (χ4n) is 3.46. The molecule has 0 aliphatic rings. The normalized spacial score (nSPS) is 11.8. The first-order chi connectivity index (χ1) is 16.2. The lowest BCUT2D eigenvalue weighted by molar-refractivity contribution is -0.137. The zero-order valence-corrected chi connectivity index (χ0v) is 18.1. The molecule has 34 heavy (non-hydrogen) atoms. The number of aromatic nitrogens is 2. The Balaban J connectivity index is 1.99. The van der Waals surface area contributed by atoms with Gasteiger partial charge in [0.05, 0.1) is 36.4 Å². The van der Waals surface area contributed by atoms with E-state index in [9.17, 15) is 22.4 Å². The average Bonchev–Trinajstić information content (AvgIpc) is 2.82. The fraction of sp³-hybridized carbons (Fsp3) is 0.120. The number of hydrogen-bond donors (Lipinski definition) is 0. The summed E-state index contributed by atoms with van der Waals surface area (Å²) in [6.07, 6.45) is -1.53. The maximum absolute atomic E-state index is 13.5. The van der Waals surface area contributed by atoms with Crippen LogP contribution in [0.2, 0.25) is 0 Å². The Morgan fingerprint density at radius 2 is 1.59 bits per heavy atom. The molecule has 0 bridgehead atoms. The van der Waals surface area contributed by atoms with Crippen LogP contribution < -0.4 is 15.0 Å². The topological polar surface area (TPSA) is 53.4 Å². The first kappa shape index (κ1) is 23.0. The van der Waals surface area contributed by atoms with E-state index < -0.39 is 23.1 Å². The van der Waals surface area contributed by atoms with Gasteiger partial charge in [-0.25, -0.2) is 9.37 Å². The highest BCUT2D eigenvalue weighted by Gasteiger charge is 2.30. The Morgan fingerprint density at radius 3 is 2.24 bits per heavy atom. The molecular weight excluding hydrogens is 452 g/mol. The molecule has 0 aliphatic carbocycles. The number of methoxy groups -OCH3 is 2. The monoisotopic (exact) mass is 470 g/mol. The predicted molar refractivity (Wildman–Crippen MR) is 121 cm³/mol. The summed E-state index contributed by atoms with van der Waals surface area (Å²) in [5.41, 5.74) is -0.632. The van der Waals surface area contributed by atoms with Crippen molar-refractivity contribution in [3.63, 3.8) is 0 Å². The molecule has 0 amide bonds. The van der Waals surface area contributed by atoms with Crippen LogP contribution in [-0.4, -0.2) is 23.8 Å². The van der Waals surface area contributed by atoms with E-state index in [4.69, 9.17) is 9.47 Å². The lowest BCUT2D eigenvalue weighted by atomic mass is 10.1. The number of ether oxygens (including phenoxy) is 2. The second-order valence-electron chi connectivity index (χ2n) is 7.27. The van der Waals surface area contributed by atoms with Crippen LogP contribution in [-0.2, 0) is 6.18 Å². The molecule has 0 unspecified atom stereocenters. The van der Waals surface area contributed by atoms with Crippen molar-refractivity contribution in [3.05, 3.63) is 93.8 Å².